The van der Waals surface area contributed by atoms with E-state index in [1.165, 1.54) is 24.3 Å². The lowest BCUT2D eigenvalue weighted by atomic mass is 9.76. The lowest BCUT2D eigenvalue weighted by Crippen LogP contribution is -2.26. The summed E-state index contributed by atoms with van der Waals surface area (Å²) in [6.07, 6.45) is 0. The minimum Gasteiger partial charge on any atom is -0.545 e. The maximum atomic E-state index is 12.0. The van der Waals surface area contributed by atoms with Crippen LogP contribution in [0.15, 0.2) is 48.5 Å². The van der Waals surface area contributed by atoms with Gasteiger partial charge in [0.15, 0.2) is 0 Å². The van der Waals surface area contributed by atoms with Crippen LogP contribution in [0.1, 0.15) is 173 Å². The quantitative estimate of drug-likeness (QED) is 0.123. The summed E-state index contributed by atoms with van der Waals surface area (Å²) in [5.41, 5.74) is 25.2. The number of benzene rings is 9. The van der Waals surface area contributed by atoms with Crippen LogP contribution in [-0.2, 0) is 0 Å². The van der Waals surface area contributed by atoms with Gasteiger partial charge in [0.2, 0.25) is 0 Å². The Bertz CT molecular complexity index is 3920. The highest BCUT2D eigenvalue weighted by molar-refractivity contribution is 6.31. The van der Waals surface area contributed by atoms with Crippen LogP contribution in [0.25, 0.3) is 65.7 Å². The zero-order valence-electron chi connectivity index (χ0n) is 51.5. The Hall–Kier alpha value is -9.16. The number of aromatic carboxylic acids is 6. The molecule has 9 aromatic rings. The summed E-state index contributed by atoms with van der Waals surface area (Å²) in [4.78, 5) is 69.0. The Morgan fingerprint density at radius 1 is 0.202 bits per heavy atom. The molecule has 0 N–H and O–H groups in total. The molecular formula is C72H68O12-6. The van der Waals surface area contributed by atoms with Crippen LogP contribution in [0.2, 0.25) is 0 Å². The molecule has 0 radical (unpaired) electrons. The molecule has 0 bridgehead atoms. The van der Waals surface area contributed by atoms with Crippen molar-refractivity contribution in [3.05, 3.63) is 193 Å². The summed E-state index contributed by atoms with van der Waals surface area (Å²) in [6, 6.07) is 12.3. The fourth-order valence-corrected chi connectivity index (χ4v) is 13.4. The Balaban J connectivity index is 0.000000190. The summed E-state index contributed by atoms with van der Waals surface area (Å²) in [7, 11) is 0. The Labute approximate surface area is 490 Å². The molecule has 0 atom stereocenters. The predicted molar refractivity (Wildman–Crippen MR) is 320 cm³/mol. The van der Waals surface area contributed by atoms with E-state index >= 15 is 0 Å². The average Bonchev–Trinajstić information content (AvgIpc) is 0.888. The van der Waals surface area contributed by atoms with E-state index in [-0.39, 0.29) is 33.4 Å². The van der Waals surface area contributed by atoms with Crippen molar-refractivity contribution in [2.24, 2.45) is 0 Å². The minimum atomic E-state index is -1.23. The van der Waals surface area contributed by atoms with Gasteiger partial charge in [-0.3, -0.25) is 0 Å². The molecule has 0 aliphatic carbocycles. The summed E-state index contributed by atoms with van der Waals surface area (Å²) < 4.78 is 0. The van der Waals surface area contributed by atoms with Crippen LogP contribution in [-0.4, -0.2) is 35.8 Å². The SMILES string of the molecule is Cc1c(C(=O)[O-])c(C)c2c(C)c(C)c3c(C)c(C(=O)[O-])c(C)c4c(C)c(C)c1c2c43.Cc1c(C)c(-c2c(C)c(C)c(-c3c(C)c(C)c(C(=O)[O-])c(C)c3C)c(C)c2C)c(C)c(C)c1C(=O)[O-].O=C([O-])c1ccc(-c2ccc(C(=O)[O-])cc2)cc1. The molecule has 0 saturated heterocycles. The third kappa shape index (κ3) is 9.90. The molecule has 12 nitrogen and oxygen atoms in total. The molecule has 0 spiro atoms. The first kappa shape index (κ1) is 62.4. The lowest BCUT2D eigenvalue weighted by molar-refractivity contribution is -0.256. The zero-order valence-corrected chi connectivity index (χ0v) is 51.5. The van der Waals surface area contributed by atoms with Crippen molar-refractivity contribution in [3.63, 3.8) is 0 Å². The average molecular weight is 1130 g/mol. The first-order chi connectivity index (χ1) is 39.1. The molecule has 9 aromatic carbocycles. The standard InChI is InChI=1S/C32H38O4.C26H26O4.C14H10O4/c1-13-14(2)26(28-19(7)23(11)30(32(35)36)24(12)20(28)8)16(4)15(3)25(13)27-17(5)21(9)29(31(33)34)22(10)18(27)6;1-9-10(2)18-14(6)22(26(29)30)16(8)20-12(4)11(3)19-15(7)21(25(27)28)13(5)17(9)23(19)24(18)20;15-13(16)11-5-1-9(2-6-11)10-3-7-12(8-4-10)14(17)18/h1-12H3,(H,33,34)(H,35,36);1-8H3,(H,27,28)(H,29,30);1-8H,(H,15,16)(H,17,18)/p-6. The van der Waals surface area contributed by atoms with Gasteiger partial charge in [0, 0.05) is 22.3 Å². The van der Waals surface area contributed by atoms with E-state index < -0.39 is 35.8 Å². The summed E-state index contributed by atoms with van der Waals surface area (Å²) in [5, 5.41) is 74.7. The third-order valence-corrected chi connectivity index (χ3v) is 18.6. The van der Waals surface area contributed by atoms with Gasteiger partial charge in [0.1, 0.15) is 0 Å². The maximum absolute atomic E-state index is 12.0. The van der Waals surface area contributed by atoms with Gasteiger partial charge in [-0.05, 0) is 327 Å². The Morgan fingerprint density at radius 2 is 0.369 bits per heavy atom. The molecular weight excluding hydrogens is 1060 g/mol. The molecule has 84 heavy (non-hydrogen) atoms. The van der Waals surface area contributed by atoms with E-state index in [0.29, 0.717) is 22.3 Å². The van der Waals surface area contributed by atoms with Crippen molar-refractivity contribution < 1.29 is 59.4 Å². The van der Waals surface area contributed by atoms with Crippen LogP contribution < -0.4 is 30.6 Å². The molecule has 434 valence electrons. The molecule has 0 amide bonds. The van der Waals surface area contributed by atoms with Crippen LogP contribution in [0.5, 0.6) is 0 Å². The fourth-order valence-electron chi connectivity index (χ4n) is 13.4. The van der Waals surface area contributed by atoms with Gasteiger partial charge in [-0.25, -0.2) is 0 Å². The minimum absolute atomic E-state index is 0.102. The number of hydrogen-bond acceptors (Lipinski definition) is 12. The van der Waals surface area contributed by atoms with Crippen molar-refractivity contribution in [1.82, 2.24) is 0 Å². The monoisotopic (exact) mass is 1120 g/mol. The van der Waals surface area contributed by atoms with Crippen molar-refractivity contribution >= 4 is 68.1 Å². The summed E-state index contributed by atoms with van der Waals surface area (Å²) in [6.45, 7) is 39.1. The highest BCUT2D eigenvalue weighted by atomic mass is 16.4. The van der Waals surface area contributed by atoms with E-state index in [0.717, 1.165) is 155 Å². The topological polar surface area (TPSA) is 241 Å². The molecule has 0 saturated carbocycles. The van der Waals surface area contributed by atoms with Gasteiger partial charge in [0.05, 0.1) is 35.8 Å². The van der Waals surface area contributed by atoms with Crippen molar-refractivity contribution in [1.29, 1.82) is 0 Å². The molecule has 0 unspecified atom stereocenters. The highest BCUT2D eigenvalue weighted by Crippen LogP contribution is 2.49. The number of rotatable bonds is 9. The van der Waals surface area contributed by atoms with Gasteiger partial charge in [-0.15, -0.1) is 0 Å². The second kappa shape index (κ2) is 22.9. The van der Waals surface area contributed by atoms with E-state index in [2.05, 4.69) is 27.7 Å². The fraction of sp³-hybridized carbons (Fsp3) is 0.278. The third-order valence-electron chi connectivity index (χ3n) is 18.6. The van der Waals surface area contributed by atoms with Crippen LogP contribution in [0.4, 0.5) is 0 Å². The molecule has 9 rings (SSSR count). The van der Waals surface area contributed by atoms with Crippen LogP contribution >= 0.6 is 0 Å². The van der Waals surface area contributed by atoms with Gasteiger partial charge >= 0.3 is 0 Å². The maximum Gasteiger partial charge on any atom is 0.0721 e. The van der Waals surface area contributed by atoms with Crippen molar-refractivity contribution in [2.45, 2.75) is 138 Å². The van der Waals surface area contributed by atoms with E-state index in [1.807, 2.05) is 111 Å². The molecule has 12 heteroatoms. The molecule has 0 aromatic heterocycles. The number of carboxylic acids is 6. The molecule has 0 fully saturated rings. The van der Waals surface area contributed by atoms with Gasteiger partial charge in [0.25, 0.3) is 0 Å². The smallest absolute Gasteiger partial charge is 0.0721 e. The van der Waals surface area contributed by atoms with Gasteiger partial charge < -0.3 is 59.4 Å². The van der Waals surface area contributed by atoms with Crippen molar-refractivity contribution in [3.8, 4) is 33.4 Å². The largest absolute Gasteiger partial charge is 0.545 e. The van der Waals surface area contributed by atoms with Crippen molar-refractivity contribution in [2.75, 3.05) is 0 Å². The Kier molecular flexibility index (Phi) is 17.0. The molecule has 0 aliphatic rings. The summed E-state index contributed by atoms with van der Waals surface area (Å²) >= 11 is 0. The van der Waals surface area contributed by atoms with Gasteiger partial charge in [-0.1, -0.05) is 48.5 Å². The zero-order chi connectivity index (χ0) is 63.1. The second-order valence-electron chi connectivity index (χ2n) is 22.6. The number of carboxylic acid groups (broad SMARTS) is 6. The number of hydrogen-bond donors (Lipinski definition) is 0. The molecule has 0 aliphatic heterocycles. The van der Waals surface area contributed by atoms with E-state index in [1.54, 1.807) is 24.3 Å². The lowest BCUT2D eigenvalue weighted by Gasteiger charge is -2.28. The summed E-state index contributed by atoms with van der Waals surface area (Å²) in [5.74, 6) is -7.08. The first-order valence-corrected chi connectivity index (χ1v) is 27.6. The van der Waals surface area contributed by atoms with E-state index in [4.69, 9.17) is 0 Å². The number of carbonyl (C=O) groups is 6. The Morgan fingerprint density at radius 3 is 0.536 bits per heavy atom. The predicted octanol–water partition coefficient (Wildman–Crippen LogP) is 9.31. The molecule has 0 heterocycles. The van der Waals surface area contributed by atoms with Crippen LogP contribution in [0.3, 0.4) is 0 Å². The van der Waals surface area contributed by atoms with Gasteiger partial charge in [-0.2, -0.15) is 0 Å². The second-order valence-corrected chi connectivity index (χ2v) is 22.6. The normalized spacial score (nSPS) is 11.2. The highest BCUT2D eigenvalue weighted by Gasteiger charge is 2.29. The first-order valence-electron chi connectivity index (χ1n) is 27.6. The van der Waals surface area contributed by atoms with Crippen LogP contribution in [0, 0.1) is 138 Å². The van der Waals surface area contributed by atoms with E-state index in [9.17, 15) is 59.4 Å². The number of aryl methyl sites for hydroxylation is 8. The number of carbonyl (C=O) groups excluding carboxylic acids is 6.